The molecule has 0 fully saturated rings. The van der Waals surface area contributed by atoms with Crippen molar-refractivity contribution in [2.24, 2.45) is 0 Å². The lowest BCUT2D eigenvalue weighted by molar-refractivity contribution is -0.150. The number of ether oxygens (including phenoxy) is 2. The summed E-state index contributed by atoms with van der Waals surface area (Å²) in [5, 5.41) is 11.4. The van der Waals surface area contributed by atoms with E-state index in [0.29, 0.717) is 25.2 Å². The summed E-state index contributed by atoms with van der Waals surface area (Å²) >= 11 is 0. The van der Waals surface area contributed by atoms with Crippen LogP contribution < -0.4 is 0 Å². The molecule has 0 radical (unpaired) electrons. The number of rotatable bonds is 7. The van der Waals surface area contributed by atoms with E-state index in [0.717, 1.165) is 28.7 Å². The van der Waals surface area contributed by atoms with Gasteiger partial charge >= 0.3 is 11.9 Å². The van der Waals surface area contributed by atoms with Crippen LogP contribution in [0.2, 0.25) is 0 Å². The number of esters is 2. The minimum Gasteiger partial charge on any atom is -0.466 e. The average Bonchev–Trinajstić information content (AvgIpc) is 2.76. The minimum absolute atomic E-state index is 0.0492. The number of aliphatic hydroxyl groups is 1. The highest BCUT2D eigenvalue weighted by atomic mass is 16.5. The van der Waals surface area contributed by atoms with Gasteiger partial charge in [-0.2, -0.15) is 0 Å². The molecule has 0 aromatic heterocycles. The first-order valence-electron chi connectivity index (χ1n) is 11.2. The molecule has 1 unspecified atom stereocenters. The average molecular weight is 437 g/mol. The molecule has 2 aromatic carbocycles. The van der Waals surface area contributed by atoms with Crippen molar-refractivity contribution in [3.05, 3.63) is 70.3 Å². The van der Waals surface area contributed by atoms with Crippen LogP contribution in [0.5, 0.6) is 0 Å². The third-order valence-electron chi connectivity index (χ3n) is 6.07. The molecule has 0 saturated carbocycles. The molecular formula is C27H32O5. The van der Waals surface area contributed by atoms with E-state index in [-0.39, 0.29) is 23.8 Å². The molecule has 1 aliphatic rings. The zero-order valence-corrected chi connectivity index (χ0v) is 19.3. The molecule has 5 nitrogen and oxygen atoms in total. The lowest BCUT2D eigenvalue weighted by atomic mass is 9.65. The maximum Gasteiger partial charge on any atom is 0.338 e. The number of carbonyl (C=O) groups excluding carboxylic acids is 2. The van der Waals surface area contributed by atoms with E-state index in [1.807, 2.05) is 42.5 Å². The van der Waals surface area contributed by atoms with E-state index in [4.69, 9.17) is 9.47 Å². The Bertz CT molecular complexity index is 1000. The van der Waals surface area contributed by atoms with Gasteiger partial charge in [0.2, 0.25) is 0 Å². The predicted octanol–water partition coefficient (Wildman–Crippen LogP) is 5.25. The summed E-state index contributed by atoms with van der Waals surface area (Å²) in [6, 6.07) is 13.3. The van der Waals surface area contributed by atoms with Gasteiger partial charge in [-0.25, -0.2) is 4.79 Å². The lowest BCUT2D eigenvalue weighted by Crippen LogP contribution is -2.39. The maximum absolute atomic E-state index is 12.2. The third-order valence-corrected chi connectivity index (χ3v) is 6.07. The van der Waals surface area contributed by atoms with Crippen LogP contribution in [0.25, 0.3) is 12.2 Å². The second-order valence-electron chi connectivity index (χ2n) is 8.88. The largest absolute Gasteiger partial charge is 0.466 e. The first-order chi connectivity index (χ1) is 15.2. The minimum atomic E-state index is -1.23. The van der Waals surface area contributed by atoms with Crippen molar-refractivity contribution in [3.8, 4) is 0 Å². The van der Waals surface area contributed by atoms with Crippen LogP contribution in [0.3, 0.4) is 0 Å². The highest BCUT2D eigenvalue weighted by molar-refractivity contribution is 5.89. The van der Waals surface area contributed by atoms with Gasteiger partial charge in [-0.05, 0) is 72.6 Å². The first-order valence-corrected chi connectivity index (χ1v) is 11.2. The van der Waals surface area contributed by atoms with Crippen LogP contribution in [0.1, 0.15) is 79.6 Å². The summed E-state index contributed by atoms with van der Waals surface area (Å²) in [6.45, 7) is 8.51. The Morgan fingerprint density at radius 3 is 2.19 bits per heavy atom. The number of benzene rings is 2. The molecule has 5 heteroatoms. The Balaban J connectivity index is 1.87. The predicted molar refractivity (Wildman–Crippen MR) is 125 cm³/mol. The van der Waals surface area contributed by atoms with Gasteiger partial charge in [0, 0.05) is 0 Å². The molecule has 3 rings (SSSR count). The van der Waals surface area contributed by atoms with Crippen molar-refractivity contribution in [1.82, 2.24) is 0 Å². The molecule has 32 heavy (non-hydrogen) atoms. The zero-order valence-electron chi connectivity index (χ0n) is 19.3. The normalized spacial score (nSPS) is 19.4. The summed E-state index contributed by atoms with van der Waals surface area (Å²) in [6.07, 6.45) is 5.17. The topological polar surface area (TPSA) is 72.8 Å². The molecular weight excluding hydrogens is 404 g/mol. The number of carbonyl (C=O) groups is 2. The molecule has 1 N–H and O–H groups in total. The summed E-state index contributed by atoms with van der Waals surface area (Å²) in [5.74, 6) is -0.718. The van der Waals surface area contributed by atoms with Crippen molar-refractivity contribution in [1.29, 1.82) is 0 Å². The van der Waals surface area contributed by atoms with Gasteiger partial charge in [0.05, 0.1) is 25.2 Å². The maximum atomic E-state index is 12.2. The van der Waals surface area contributed by atoms with Crippen molar-refractivity contribution in [2.45, 2.75) is 58.0 Å². The molecule has 0 bridgehead atoms. The van der Waals surface area contributed by atoms with Crippen molar-refractivity contribution in [2.75, 3.05) is 13.2 Å². The number of fused-ring (bicyclic) bond motifs is 1. The van der Waals surface area contributed by atoms with Crippen molar-refractivity contribution in [3.63, 3.8) is 0 Å². The van der Waals surface area contributed by atoms with E-state index in [2.05, 4.69) is 13.8 Å². The van der Waals surface area contributed by atoms with Crippen molar-refractivity contribution >= 4 is 24.1 Å². The van der Waals surface area contributed by atoms with Crippen LogP contribution in [0, 0.1) is 0 Å². The van der Waals surface area contributed by atoms with Crippen LogP contribution >= 0.6 is 0 Å². The summed E-state index contributed by atoms with van der Waals surface area (Å²) in [5.41, 5.74) is 2.93. The smallest absolute Gasteiger partial charge is 0.338 e. The van der Waals surface area contributed by atoms with Gasteiger partial charge in [-0.15, -0.1) is 0 Å². The van der Waals surface area contributed by atoms with Gasteiger partial charge < -0.3 is 14.6 Å². The van der Waals surface area contributed by atoms with E-state index in [1.54, 1.807) is 26.0 Å². The van der Waals surface area contributed by atoms with Gasteiger partial charge in [0.15, 0.2) is 0 Å². The summed E-state index contributed by atoms with van der Waals surface area (Å²) < 4.78 is 10.1. The Morgan fingerprint density at radius 2 is 1.53 bits per heavy atom. The molecule has 0 saturated heterocycles. The molecule has 0 heterocycles. The molecule has 1 atom stereocenters. The second-order valence-corrected chi connectivity index (χ2v) is 8.88. The summed E-state index contributed by atoms with van der Waals surface area (Å²) in [7, 11) is 0. The van der Waals surface area contributed by atoms with E-state index in [9.17, 15) is 14.7 Å². The van der Waals surface area contributed by atoms with Crippen LogP contribution in [0.15, 0.2) is 42.5 Å². The SMILES string of the molecule is CCOC(=O)CC1(O)CCC(C)(C)c2ccc(C=Cc3ccc(C(=O)OCC)cc3)cc21. The molecule has 0 spiro atoms. The van der Waals surface area contributed by atoms with E-state index < -0.39 is 5.60 Å². The zero-order chi connectivity index (χ0) is 23.4. The van der Waals surface area contributed by atoms with Crippen molar-refractivity contribution < 1.29 is 24.2 Å². The van der Waals surface area contributed by atoms with Crippen LogP contribution in [-0.2, 0) is 25.3 Å². The van der Waals surface area contributed by atoms with Gasteiger partial charge in [0.1, 0.15) is 5.60 Å². The standard InChI is InChI=1S/C27H32O5/c1-5-31-24(28)18-27(30)16-15-26(3,4)22-14-11-20(17-23(22)27)8-7-19-9-12-21(13-10-19)25(29)32-6-2/h7-14,17,30H,5-6,15-16,18H2,1-4H3. The summed E-state index contributed by atoms with van der Waals surface area (Å²) in [4.78, 5) is 24.0. The number of hydrogen-bond acceptors (Lipinski definition) is 5. The third kappa shape index (κ3) is 5.28. The van der Waals surface area contributed by atoms with Gasteiger partial charge in [0.25, 0.3) is 0 Å². The molecule has 2 aromatic rings. The molecule has 0 amide bonds. The Kier molecular flexibility index (Phi) is 7.19. The highest BCUT2D eigenvalue weighted by Gasteiger charge is 2.43. The fourth-order valence-corrected chi connectivity index (χ4v) is 4.20. The van der Waals surface area contributed by atoms with Crippen LogP contribution in [-0.4, -0.2) is 30.3 Å². The number of hydrogen-bond donors (Lipinski definition) is 1. The fourth-order valence-electron chi connectivity index (χ4n) is 4.20. The quantitative estimate of drug-likeness (QED) is 0.474. The fraction of sp³-hybridized carbons (Fsp3) is 0.407. The first kappa shape index (κ1) is 23.7. The monoisotopic (exact) mass is 436 g/mol. The van der Waals surface area contributed by atoms with Gasteiger partial charge in [-0.1, -0.05) is 50.3 Å². The molecule has 170 valence electrons. The second kappa shape index (κ2) is 9.70. The molecule has 1 aliphatic carbocycles. The van der Waals surface area contributed by atoms with E-state index in [1.165, 1.54) is 0 Å². The Morgan fingerprint density at radius 1 is 0.906 bits per heavy atom. The Labute approximate surface area is 190 Å². The van der Waals surface area contributed by atoms with Crippen LogP contribution in [0.4, 0.5) is 0 Å². The Hall–Kier alpha value is -2.92. The van der Waals surface area contributed by atoms with E-state index >= 15 is 0 Å². The lowest BCUT2D eigenvalue weighted by Gasteiger charge is -2.42. The molecule has 0 aliphatic heterocycles. The van der Waals surface area contributed by atoms with Gasteiger partial charge in [-0.3, -0.25) is 4.79 Å². The highest BCUT2D eigenvalue weighted by Crippen LogP contribution is 2.46.